The lowest BCUT2D eigenvalue weighted by molar-refractivity contribution is 0.0916. The summed E-state index contributed by atoms with van der Waals surface area (Å²) in [6, 6.07) is 14.6. The van der Waals surface area contributed by atoms with Gasteiger partial charge in [-0.3, -0.25) is 9.36 Å². The summed E-state index contributed by atoms with van der Waals surface area (Å²) in [4.78, 5) is 26.5. The molecule has 1 atom stereocenters. The second kappa shape index (κ2) is 6.72. The molecule has 3 rings (SSSR count). The highest BCUT2D eigenvalue weighted by Crippen LogP contribution is 2.12. The number of aliphatic hydroxyl groups excluding tert-OH is 1. The molecule has 0 fully saturated rings. The lowest BCUT2D eigenvalue weighted by Gasteiger charge is -2.12. The van der Waals surface area contributed by atoms with Crippen LogP contribution in [0.5, 0.6) is 0 Å². The van der Waals surface area contributed by atoms with E-state index in [0.717, 1.165) is 11.1 Å². The Labute approximate surface area is 138 Å². The van der Waals surface area contributed by atoms with Crippen LogP contribution in [-0.2, 0) is 13.5 Å². The van der Waals surface area contributed by atoms with Gasteiger partial charge in [-0.15, -0.1) is 0 Å². The van der Waals surface area contributed by atoms with Gasteiger partial charge in [0.15, 0.2) is 0 Å². The van der Waals surface area contributed by atoms with Gasteiger partial charge in [0, 0.05) is 25.6 Å². The van der Waals surface area contributed by atoms with Crippen LogP contribution in [0.4, 0.5) is 0 Å². The highest BCUT2D eigenvalue weighted by atomic mass is 16.3. The zero-order valence-corrected chi connectivity index (χ0v) is 13.3. The van der Waals surface area contributed by atoms with Gasteiger partial charge < -0.3 is 15.4 Å². The summed E-state index contributed by atoms with van der Waals surface area (Å²) in [5.74, 6) is -0.284. The summed E-state index contributed by atoms with van der Waals surface area (Å²) in [6.07, 6.45) is -0.178. The SMILES string of the molecule is Cn1c(=O)[nH]c2cc(C(=O)NCC(O)Cc3ccccc3)ccc21. The van der Waals surface area contributed by atoms with Crippen LogP contribution < -0.4 is 11.0 Å². The van der Waals surface area contributed by atoms with Crippen molar-refractivity contribution in [2.75, 3.05) is 6.54 Å². The molecule has 124 valence electrons. The molecule has 0 bridgehead atoms. The number of H-pyrrole nitrogens is 1. The minimum Gasteiger partial charge on any atom is -0.391 e. The lowest BCUT2D eigenvalue weighted by Crippen LogP contribution is -2.33. The van der Waals surface area contributed by atoms with Gasteiger partial charge in [-0.1, -0.05) is 30.3 Å². The number of aliphatic hydroxyl groups is 1. The first-order chi connectivity index (χ1) is 11.5. The van der Waals surface area contributed by atoms with E-state index in [1.807, 2.05) is 30.3 Å². The third-order valence-corrected chi connectivity index (χ3v) is 3.98. The molecule has 0 saturated heterocycles. The van der Waals surface area contributed by atoms with Crippen molar-refractivity contribution in [1.82, 2.24) is 14.9 Å². The number of aryl methyl sites for hydroxylation is 1. The molecule has 1 heterocycles. The average molecular weight is 325 g/mol. The summed E-state index contributed by atoms with van der Waals surface area (Å²) in [5.41, 5.74) is 2.58. The number of fused-ring (bicyclic) bond motifs is 1. The van der Waals surface area contributed by atoms with Gasteiger partial charge in [-0.25, -0.2) is 4.79 Å². The van der Waals surface area contributed by atoms with Gasteiger partial charge in [0.2, 0.25) is 0 Å². The maximum Gasteiger partial charge on any atom is 0.326 e. The number of amides is 1. The molecular formula is C18H19N3O3. The van der Waals surface area contributed by atoms with Crippen LogP contribution in [0.15, 0.2) is 53.3 Å². The summed E-state index contributed by atoms with van der Waals surface area (Å²) < 4.78 is 1.49. The fourth-order valence-corrected chi connectivity index (χ4v) is 2.65. The van der Waals surface area contributed by atoms with Crippen molar-refractivity contribution in [3.8, 4) is 0 Å². The van der Waals surface area contributed by atoms with Crippen LogP contribution in [0, 0.1) is 0 Å². The molecule has 0 aliphatic rings. The normalized spacial score (nSPS) is 12.2. The molecule has 24 heavy (non-hydrogen) atoms. The predicted molar refractivity (Wildman–Crippen MR) is 92.0 cm³/mol. The van der Waals surface area contributed by atoms with Crippen LogP contribution in [0.3, 0.4) is 0 Å². The fraction of sp³-hybridized carbons (Fsp3) is 0.222. The number of hydrogen-bond donors (Lipinski definition) is 3. The quantitative estimate of drug-likeness (QED) is 0.659. The Morgan fingerprint density at radius 2 is 2.00 bits per heavy atom. The second-order valence-electron chi connectivity index (χ2n) is 5.77. The Kier molecular flexibility index (Phi) is 4.48. The van der Waals surface area contributed by atoms with E-state index in [4.69, 9.17) is 0 Å². The molecule has 0 radical (unpaired) electrons. The lowest BCUT2D eigenvalue weighted by atomic mass is 10.1. The Bertz CT molecular complexity index is 912. The molecule has 3 aromatic rings. The van der Waals surface area contributed by atoms with E-state index in [1.165, 1.54) is 4.57 Å². The maximum absolute atomic E-state index is 12.2. The molecule has 0 aliphatic heterocycles. The zero-order valence-electron chi connectivity index (χ0n) is 13.3. The number of nitrogens with zero attached hydrogens (tertiary/aromatic N) is 1. The van der Waals surface area contributed by atoms with Gasteiger partial charge in [0.25, 0.3) is 5.91 Å². The zero-order chi connectivity index (χ0) is 17.1. The van der Waals surface area contributed by atoms with E-state index in [-0.39, 0.29) is 18.1 Å². The van der Waals surface area contributed by atoms with Gasteiger partial charge in [0.1, 0.15) is 0 Å². The van der Waals surface area contributed by atoms with E-state index in [2.05, 4.69) is 10.3 Å². The molecule has 1 unspecified atom stereocenters. The first kappa shape index (κ1) is 16.0. The smallest absolute Gasteiger partial charge is 0.326 e. The van der Waals surface area contributed by atoms with Gasteiger partial charge >= 0.3 is 5.69 Å². The molecule has 2 aromatic carbocycles. The average Bonchev–Trinajstić information content (AvgIpc) is 2.87. The minimum absolute atomic E-state index is 0.164. The highest BCUT2D eigenvalue weighted by molar-refractivity contribution is 5.97. The molecule has 1 amide bonds. The second-order valence-corrected chi connectivity index (χ2v) is 5.77. The Hall–Kier alpha value is -2.86. The van der Waals surface area contributed by atoms with Crippen LogP contribution in [0.25, 0.3) is 11.0 Å². The van der Waals surface area contributed by atoms with Crippen molar-refractivity contribution < 1.29 is 9.90 Å². The molecule has 3 N–H and O–H groups in total. The number of carbonyl (C=O) groups excluding carboxylic acids is 1. The van der Waals surface area contributed by atoms with Crippen LogP contribution in [0.1, 0.15) is 15.9 Å². The third kappa shape index (κ3) is 3.38. The van der Waals surface area contributed by atoms with Crippen molar-refractivity contribution in [3.05, 3.63) is 70.1 Å². The monoisotopic (exact) mass is 325 g/mol. The Morgan fingerprint density at radius 3 is 2.75 bits per heavy atom. The number of carbonyl (C=O) groups is 1. The van der Waals surface area contributed by atoms with Crippen LogP contribution >= 0.6 is 0 Å². The number of rotatable bonds is 5. The molecule has 6 heteroatoms. The first-order valence-electron chi connectivity index (χ1n) is 7.73. The Balaban J connectivity index is 1.63. The number of hydrogen-bond acceptors (Lipinski definition) is 3. The number of nitrogens with one attached hydrogen (secondary N) is 2. The summed E-state index contributed by atoms with van der Waals surface area (Å²) in [7, 11) is 1.67. The van der Waals surface area contributed by atoms with Crippen LogP contribution in [0.2, 0.25) is 0 Å². The number of benzene rings is 2. The largest absolute Gasteiger partial charge is 0.391 e. The number of aromatic nitrogens is 2. The highest BCUT2D eigenvalue weighted by Gasteiger charge is 2.12. The van der Waals surface area contributed by atoms with Gasteiger partial charge in [0.05, 0.1) is 17.1 Å². The number of imidazole rings is 1. The summed E-state index contributed by atoms with van der Waals surface area (Å²) >= 11 is 0. The first-order valence-corrected chi connectivity index (χ1v) is 7.73. The Morgan fingerprint density at radius 1 is 1.25 bits per heavy atom. The minimum atomic E-state index is -0.656. The topological polar surface area (TPSA) is 87.1 Å². The number of aromatic amines is 1. The standard InChI is InChI=1S/C18H19N3O3/c1-21-16-8-7-13(10-15(16)20-18(21)24)17(23)19-11-14(22)9-12-5-3-2-4-6-12/h2-8,10,14,22H,9,11H2,1H3,(H,19,23)(H,20,24). The molecule has 0 aliphatic carbocycles. The molecule has 0 saturated carbocycles. The van der Waals surface area contributed by atoms with Crippen molar-refractivity contribution in [3.63, 3.8) is 0 Å². The van der Waals surface area contributed by atoms with E-state index in [9.17, 15) is 14.7 Å². The summed E-state index contributed by atoms with van der Waals surface area (Å²) in [6.45, 7) is 0.164. The van der Waals surface area contributed by atoms with Crippen molar-refractivity contribution >= 4 is 16.9 Å². The van der Waals surface area contributed by atoms with Crippen LogP contribution in [-0.4, -0.2) is 33.2 Å². The van der Waals surface area contributed by atoms with Crippen molar-refractivity contribution in [2.45, 2.75) is 12.5 Å². The van der Waals surface area contributed by atoms with Gasteiger partial charge in [-0.2, -0.15) is 0 Å². The third-order valence-electron chi connectivity index (χ3n) is 3.98. The molecular weight excluding hydrogens is 306 g/mol. The van der Waals surface area contributed by atoms with Gasteiger partial charge in [-0.05, 0) is 23.8 Å². The van der Waals surface area contributed by atoms with Crippen molar-refractivity contribution in [2.24, 2.45) is 7.05 Å². The molecule has 0 spiro atoms. The maximum atomic E-state index is 12.2. The van der Waals surface area contributed by atoms with E-state index < -0.39 is 6.10 Å². The van der Waals surface area contributed by atoms with E-state index >= 15 is 0 Å². The summed E-state index contributed by atoms with van der Waals surface area (Å²) in [5, 5.41) is 12.8. The van der Waals surface area contributed by atoms with E-state index in [1.54, 1.807) is 25.2 Å². The van der Waals surface area contributed by atoms with E-state index in [0.29, 0.717) is 17.5 Å². The fourth-order valence-electron chi connectivity index (χ4n) is 2.65. The predicted octanol–water partition coefficient (Wildman–Crippen LogP) is 1.20. The molecule has 6 nitrogen and oxygen atoms in total. The van der Waals surface area contributed by atoms with Crippen molar-refractivity contribution in [1.29, 1.82) is 0 Å². The molecule has 1 aromatic heterocycles.